The molecule has 0 amide bonds. The fraction of sp³-hybridized carbons (Fsp3) is 0.100. The molecule has 0 aliphatic rings. The number of rotatable bonds is 2. The number of hydrogen-bond acceptors (Lipinski definition) is 3. The molecule has 1 heterocycles. The van der Waals surface area contributed by atoms with E-state index in [0.29, 0.717) is 0 Å². The Labute approximate surface area is 85.9 Å². The standard InChI is InChI=1S/C10H9N3O2/c1-7-11-6-10(12-7)8-3-2-4-9(5-8)13(14)15/h2-6H,1H3,(H,11,12). The van der Waals surface area contributed by atoms with Crippen molar-refractivity contribution in [1.82, 2.24) is 9.97 Å². The second-order valence-corrected chi connectivity index (χ2v) is 3.19. The molecule has 0 atom stereocenters. The predicted octanol–water partition coefficient (Wildman–Crippen LogP) is 2.29. The molecule has 0 unspecified atom stereocenters. The van der Waals surface area contributed by atoms with Gasteiger partial charge in [-0.25, -0.2) is 4.98 Å². The molecule has 0 radical (unpaired) electrons. The maximum Gasteiger partial charge on any atom is 0.270 e. The summed E-state index contributed by atoms with van der Waals surface area (Å²) in [5, 5.41) is 10.6. The van der Waals surface area contributed by atoms with Crippen LogP contribution in [0.4, 0.5) is 5.69 Å². The molecule has 15 heavy (non-hydrogen) atoms. The molecule has 0 aliphatic carbocycles. The van der Waals surface area contributed by atoms with Gasteiger partial charge < -0.3 is 4.98 Å². The molecule has 0 saturated carbocycles. The summed E-state index contributed by atoms with van der Waals surface area (Å²) >= 11 is 0. The number of non-ortho nitro benzene ring substituents is 1. The minimum atomic E-state index is -0.410. The summed E-state index contributed by atoms with van der Waals surface area (Å²) in [5.41, 5.74) is 1.64. The van der Waals surface area contributed by atoms with Crippen LogP contribution in [0.5, 0.6) is 0 Å². The number of nitrogens with zero attached hydrogens (tertiary/aromatic N) is 2. The fourth-order valence-electron chi connectivity index (χ4n) is 1.35. The highest BCUT2D eigenvalue weighted by Gasteiger charge is 2.07. The summed E-state index contributed by atoms with van der Waals surface area (Å²) in [6.45, 7) is 1.83. The molecule has 1 aromatic heterocycles. The summed E-state index contributed by atoms with van der Waals surface area (Å²) in [6, 6.07) is 6.45. The highest BCUT2D eigenvalue weighted by molar-refractivity contribution is 5.61. The molecule has 2 rings (SSSR count). The van der Waals surface area contributed by atoms with Crippen molar-refractivity contribution in [3.05, 3.63) is 46.4 Å². The SMILES string of the molecule is Cc1ncc(-c2cccc([N+](=O)[O-])c2)[nH]1. The zero-order chi connectivity index (χ0) is 10.8. The third kappa shape index (κ3) is 1.85. The average molecular weight is 203 g/mol. The van der Waals surface area contributed by atoms with Gasteiger partial charge in [-0.3, -0.25) is 10.1 Å². The lowest BCUT2D eigenvalue weighted by atomic mass is 10.1. The van der Waals surface area contributed by atoms with Gasteiger partial charge >= 0.3 is 0 Å². The molecule has 5 heteroatoms. The minimum Gasteiger partial charge on any atom is -0.342 e. The van der Waals surface area contributed by atoms with Gasteiger partial charge in [0, 0.05) is 17.7 Å². The molecule has 0 aliphatic heterocycles. The number of nitrogens with one attached hydrogen (secondary N) is 1. The van der Waals surface area contributed by atoms with E-state index in [0.717, 1.165) is 17.1 Å². The first-order chi connectivity index (χ1) is 7.16. The quantitative estimate of drug-likeness (QED) is 0.601. The number of nitro benzene ring substituents is 1. The number of hydrogen-bond donors (Lipinski definition) is 1. The van der Waals surface area contributed by atoms with Gasteiger partial charge in [0.25, 0.3) is 5.69 Å². The van der Waals surface area contributed by atoms with Crippen LogP contribution in [0.1, 0.15) is 5.82 Å². The van der Waals surface area contributed by atoms with Crippen molar-refractivity contribution in [2.75, 3.05) is 0 Å². The number of nitro groups is 1. The van der Waals surface area contributed by atoms with E-state index in [1.807, 2.05) is 6.92 Å². The maximum absolute atomic E-state index is 10.6. The molecule has 0 saturated heterocycles. The van der Waals surface area contributed by atoms with Gasteiger partial charge in [0.15, 0.2) is 0 Å². The Morgan fingerprint density at radius 2 is 2.27 bits per heavy atom. The normalized spacial score (nSPS) is 10.2. The van der Waals surface area contributed by atoms with Crippen molar-refractivity contribution >= 4 is 5.69 Å². The van der Waals surface area contributed by atoms with Gasteiger partial charge in [-0.15, -0.1) is 0 Å². The van der Waals surface area contributed by atoms with E-state index in [-0.39, 0.29) is 5.69 Å². The topological polar surface area (TPSA) is 71.8 Å². The van der Waals surface area contributed by atoms with Gasteiger partial charge in [-0.2, -0.15) is 0 Å². The Morgan fingerprint density at radius 1 is 1.47 bits per heavy atom. The van der Waals surface area contributed by atoms with Crippen molar-refractivity contribution < 1.29 is 4.92 Å². The molecule has 5 nitrogen and oxygen atoms in total. The van der Waals surface area contributed by atoms with Crippen LogP contribution < -0.4 is 0 Å². The van der Waals surface area contributed by atoms with Crippen molar-refractivity contribution in [1.29, 1.82) is 0 Å². The molecular formula is C10H9N3O2. The summed E-state index contributed by atoms with van der Waals surface area (Å²) in [7, 11) is 0. The summed E-state index contributed by atoms with van der Waals surface area (Å²) in [4.78, 5) is 17.2. The Balaban J connectivity index is 2.45. The molecular weight excluding hydrogens is 194 g/mol. The second-order valence-electron chi connectivity index (χ2n) is 3.19. The lowest BCUT2D eigenvalue weighted by Gasteiger charge is -1.96. The molecule has 0 spiro atoms. The van der Waals surface area contributed by atoms with Crippen molar-refractivity contribution in [3.8, 4) is 11.3 Å². The van der Waals surface area contributed by atoms with Gasteiger partial charge in [-0.1, -0.05) is 12.1 Å². The molecule has 76 valence electrons. The van der Waals surface area contributed by atoms with Gasteiger partial charge in [0.1, 0.15) is 5.82 Å². The summed E-state index contributed by atoms with van der Waals surface area (Å²) in [5.74, 6) is 0.788. The lowest BCUT2D eigenvalue weighted by molar-refractivity contribution is -0.384. The maximum atomic E-state index is 10.6. The number of H-pyrrole nitrogens is 1. The van der Waals surface area contributed by atoms with E-state index in [2.05, 4.69) is 9.97 Å². The number of benzene rings is 1. The first-order valence-electron chi connectivity index (χ1n) is 4.43. The second kappa shape index (κ2) is 3.53. The Hall–Kier alpha value is -2.17. The first-order valence-corrected chi connectivity index (χ1v) is 4.43. The van der Waals surface area contributed by atoms with E-state index in [4.69, 9.17) is 0 Å². The number of imidazole rings is 1. The monoisotopic (exact) mass is 203 g/mol. The smallest absolute Gasteiger partial charge is 0.270 e. The summed E-state index contributed by atoms with van der Waals surface area (Å²) < 4.78 is 0. The van der Waals surface area contributed by atoms with Crippen LogP contribution >= 0.6 is 0 Å². The number of aryl methyl sites for hydroxylation is 1. The van der Waals surface area contributed by atoms with E-state index in [1.165, 1.54) is 12.1 Å². The van der Waals surface area contributed by atoms with Gasteiger partial charge in [0.05, 0.1) is 16.8 Å². The number of aromatic nitrogens is 2. The molecule has 2 aromatic rings. The lowest BCUT2D eigenvalue weighted by Crippen LogP contribution is -1.88. The Bertz CT molecular complexity index is 505. The minimum absolute atomic E-state index is 0.0831. The molecule has 1 N–H and O–H groups in total. The molecule has 1 aromatic carbocycles. The van der Waals surface area contributed by atoms with Crippen LogP contribution in [0.3, 0.4) is 0 Å². The zero-order valence-electron chi connectivity index (χ0n) is 8.10. The zero-order valence-corrected chi connectivity index (χ0v) is 8.10. The molecule has 0 bridgehead atoms. The van der Waals surface area contributed by atoms with E-state index < -0.39 is 4.92 Å². The van der Waals surface area contributed by atoms with Crippen LogP contribution in [-0.2, 0) is 0 Å². The highest BCUT2D eigenvalue weighted by atomic mass is 16.6. The van der Waals surface area contributed by atoms with Crippen molar-refractivity contribution in [2.24, 2.45) is 0 Å². The highest BCUT2D eigenvalue weighted by Crippen LogP contribution is 2.21. The van der Waals surface area contributed by atoms with Gasteiger partial charge in [-0.05, 0) is 6.92 Å². The van der Waals surface area contributed by atoms with E-state index in [9.17, 15) is 10.1 Å². The number of aromatic amines is 1. The van der Waals surface area contributed by atoms with Crippen molar-refractivity contribution in [3.63, 3.8) is 0 Å². The predicted molar refractivity (Wildman–Crippen MR) is 55.4 cm³/mol. The first kappa shape index (κ1) is 9.39. The molecule has 0 fully saturated rings. The van der Waals surface area contributed by atoms with Crippen LogP contribution in [-0.4, -0.2) is 14.9 Å². The van der Waals surface area contributed by atoms with Gasteiger partial charge in [0.2, 0.25) is 0 Å². The van der Waals surface area contributed by atoms with Crippen LogP contribution in [0, 0.1) is 17.0 Å². The van der Waals surface area contributed by atoms with Crippen LogP contribution in [0.15, 0.2) is 30.5 Å². The Kier molecular flexibility index (Phi) is 2.21. The fourth-order valence-corrected chi connectivity index (χ4v) is 1.35. The van der Waals surface area contributed by atoms with Crippen molar-refractivity contribution in [2.45, 2.75) is 6.92 Å². The van der Waals surface area contributed by atoms with Crippen LogP contribution in [0.2, 0.25) is 0 Å². The third-order valence-electron chi connectivity index (χ3n) is 2.07. The van der Waals surface area contributed by atoms with Crippen LogP contribution in [0.25, 0.3) is 11.3 Å². The van der Waals surface area contributed by atoms with E-state index in [1.54, 1.807) is 18.3 Å². The van der Waals surface area contributed by atoms with E-state index >= 15 is 0 Å². The largest absolute Gasteiger partial charge is 0.342 e. The summed E-state index contributed by atoms with van der Waals surface area (Å²) in [6.07, 6.45) is 1.66. The average Bonchev–Trinajstić information content (AvgIpc) is 2.65. The Morgan fingerprint density at radius 3 is 2.87 bits per heavy atom. The third-order valence-corrected chi connectivity index (χ3v) is 2.07.